The molecule has 2 aliphatic rings. The molecule has 0 saturated carbocycles. The Morgan fingerprint density at radius 1 is 1.29 bits per heavy atom. The number of benzene rings is 1. The maximum absolute atomic E-state index is 12.7. The summed E-state index contributed by atoms with van der Waals surface area (Å²) in [6.45, 7) is 4.94. The van der Waals surface area contributed by atoms with E-state index in [1.54, 1.807) is 17.0 Å². The molecule has 1 fully saturated rings. The lowest BCUT2D eigenvalue weighted by atomic mass is 9.97. The Morgan fingerprint density at radius 3 is 2.86 bits per heavy atom. The highest BCUT2D eigenvalue weighted by atomic mass is 16.5. The number of rotatable bonds is 1. The van der Waals surface area contributed by atoms with Gasteiger partial charge in [0.1, 0.15) is 0 Å². The van der Waals surface area contributed by atoms with E-state index in [2.05, 4.69) is 0 Å². The van der Waals surface area contributed by atoms with E-state index in [0.29, 0.717) is 25.1 Å². The number of fused-ring (bicyclic) bond motifs is 1. The van der Waals surface area contributed by atoms with Crippen LogP contribution in [0.15, 0.2) is 24.3 Å². The summed E-state index contributed by atoms with van der Waals surface area (Å²) in [5.41, 5.74) is 1.44. The van der Waals surface area contributed by atoms with Gasteiger partial charge in [-0.05, 0) is 25.5 Å². The van der Waals surface area contributed by atoms with E-state index in [1.165, 1.54) is 0 Å². The van der Waals surface area contributed by atoms with Crippen LogP contribution in [0.2, 0.25) is 0 Å². The number of morpholine rings is 1. The lowest BCUT2D eigenvalue weighted by molar-refractivity contribution is -0.152. The maximum atomic E-state index is 12.7. The van der Waals surface area contributed by atoms with Crippen LogP contribution in [0.3, 0.4) is 0 Å². The molecule has 0 aliphatic carbocycles. The molecule has 0 aromatic heterocycles. The minimum atomic E-state index is -0.722. The molecule has 0 spiro atoms. The molecule has 2 aliphatic heterocycles. The molecule has 112 valence electrons. The van der Waals surface area contributed by atoms with Crippen LogP contribution in [0.1, 0.15) is 29.8 Å². The Labute approximate surface area is 123 Å². The van der Waals surface area contributed by atoms with Crippen molar-refractivity contribution in [1.29, 1.82) is 0 Å². The first kappa shape index (κ1) is 14.1. The van der Waals surface area contributed by atoms with Gasteiger partial charge in [-0.15, -0.1) is 0 Å². The third kappa shape index (κ3) is 2.65. The zero-order valence-electron chi connectivity index (χ0n) is 12.2. The predicted molar refractivity (Wildman–Crippen MR) is 75.9 cm³/mol. The van der Waals surface area contributed by atoms with Crippen LogP contribution in [-0.2, 0) is 20.7 Å². The molecule has 1 saturated heterocycles. The molecule has 1 aromatic carbocycles. The molecular weight excluding hydrogens is 270 g/mol. The fourth-order valence-corrected chi connectivity index (χ4v) is 2.86. The second kappa shape index (κ2) is 5.48. The van der Waals surface area contributed by atoms with E-state index in [-0.39, 0.29) is 18.1 Å². The monoisotopic (exact) mass is 289 g/mol. The number of nitrogens with zero attached hydrogens (tertiary/aromatic N) is 1. The minimum Gasteiger partial charge on any atom is -0.448 e. The van der Waals surface area contributed by atoms with Crippen molar-refractivity contribution in [2.24, 2.45) is 0 Å². The Hall–Kier alpha value is -1.88. The van der Waals surface area contributed by atoms with Crippen LogP contribution < -0.4 is 0 Å². The van der Waals surface area contributed by atoms with E-state index in [4.69, 9.17) is 9.47 Å². The molecule has 0 N–H and O–H groups in total. The average molecular weight is 289 g/mol. The number of carbonyl (C=O) groups excluding carboxylic acids is 2. The SMILES string of the molecule is CC1CN(C(=O)C2Cc3ccccc3C(=O)O2)C(C)CO1. The number of cyclic esters (lactones) is 1. The van der Waals surface area contributed by atoms with Crippen LogP contribution in [0.5, 0.6) is 0 Å². The van der Waals surface area contributed by atoms with E-state index in [9.17, 15) is 9.59 Å². The summed E-state index contributed by atoms with van der Waals surface area (Å²) in [7, 11) is 0. The van der Waals surface area contributed by atoms with Gasteiger partial charge in [0.25, 0.3) is 5.91 Å². The number of amides is 1. The topological polar surface area (TPSA) is 55.8 Å². The first-order chi connectivity index (χ1) is 10.1. The first-order valence-corrected chi connectivity index (χ1v) is 7.27. The Bertz CT molecular complexity index is 571. The van der Waals surface area contributed by atoms with Crippen LogP contribution >= 0.6 is 0 Å². The summed E-state index contributed by atoms with van der Waals surface area (Å²) in [6.07, 6.45) is -0.268. The fraction of sp³-hybridized carbons (Fsp3) is 0.500. The summed E-state index contributed by atoms with van der Waals surface area (Å²) in [4.78, 5) is 26.4. The molecule has 3 rings (SSSR count). The maximum Gasteiger partial charge on any atom is 0.339 e. The number of hydrogen-bond donors (Lipinski definition) is 0. The summed E-state index contributed by atoms with van der Waals surface area (Å²) in [5, 5.41) is 0. The van der Waals surface area contributed by atoms with E-state index < -0.39 is 12.1 Å². The smallest absolute Gasteiger partial charge is 0.339 e. The molecular formula is C16H19NO4. The Kier molecular flexibility index (Phi) is 3.68. The van der Waals surface area contributed by atoms with Gasteiger partial charge in [-0.25, -0.2) is 4.79 Å². The number of ether oxygens (including phenoxy) is 2. The van der Waals surface area contributed by atoms with Crippen molar-refractivity contribution in [2.45, 2.75) is 38.5 Å². The van der Waals surface area contributed by atoms with Crippen LogP contribution in [0, 0.1) is 0 Å². The molecule has 21 heavy (non-hydrogen) atoms. The Morgan fingerprint density at radius 2 is 2.05 bits per heavy atom. The number of carbonyl (C=O) groups is 2. The van der Waals surface area contributed by atoms with Crippen molar-refractivity contribution in [1.82, 2.24) is 4.90 Å². The lowest BCUT2D eigenvalue weighted by Gasteiger charge is -2.39. The highest BCUT2D eigenvalue weighted by Crippen LogP contribution is 2.23. The largest absolute Gasteiger partial charge is 0.448 e. The normalized spacial score (nSPS) is 28.8. The van der Waals surface area contributed by atoms with Crippen molar-refractivity contribution >= 4 is 11.9 Å². The van der Waals surface area contributed by atoms with Gasteiger partial charge in [-0.2, -0.15) is 0 Å². The van der Waals surface area contributed by atoms with Crippen molar-refractivity contribution in [2.75, 3.05) is 13.2 Å². The Balaban J connectivity index is 1.79. The van der Waals surface area contributed by atoms with Gasteiger partial charge in [0, 0.05) is 13.0 Å². The van der Waals surface area contributed by atoms with Gasteiger partial charge in [0.2, 0.25) is 0 Å². The molecule has 0 bridgehead atoms. The van der Waals surface area contributed by atoms with Crippen LogP contribution in [0.4, 0.5) is 0 Å². The van der Waals surface area contributed by atoms with E-state index >= 15 is 0 Å². The fourth-order valence-electron chi connectivity index (χ4n) is 2.86. The molecule has 0 radical (unpaired) electrons. The molecule has 1 aromatic rings. The van der Waals surface area contributed by atoms with Gasteiger partial charge in [0.05, 0.1) is 24.3 Å². The number of hydrogen-bond acceptors (Lipinski definition) is 4. The van der Waals surface area contributed by atoms with Crippen molar-refractivity contribution in [3.63, 3.8) is 0 Å². The summed E-state index contributed by atoms with van der Waals surface area (Å²) in [6, 6.07) is 7.29. The van der Waals surface area contributed by atoms with Gasteiger partial charge in [0.15, 0.2) is 6.10 Å². The summed E-state index contributed by atoms with van der Waals surface area (Å²) >= 11 is 0. The summed E-state index contributed by atoms with van der Waals surface area (Å²) < 4.78 is 10.9. The van der Waals surface area contributed by atoms with Crippen LogP contribution in [0.25, 0.3) is 0 Å². The highest BCUT2D eigenvalue weighted by molar-refractivity contribution is 5.95. The standard InChI is InChI=1S/C16H19NO4/c1-10-9-20-11(2)8-17(10)15(18)14-7-12-5-3-4-6-13(12)16(19)21-14/h3-6,10-11,14H,7-9H2,1-2H3. The lowest BCUT2D eigenvalue weighted by Crippen LogP contribution is -2.54. The second-order valence-electron chi connectivity index (χ2n) is 5.74. The van der Waals surface area contributed by atoms with Crippen LogP contribution in [-0.4, -0.2) is 48.2 Å². The first-order valence-electron chi connectivity index (χ1n) is 7.27. The van der Waals surface area contributed by atoms with Gasteiger partial charge < -0.3 is 14.4 Å². The zero-order chi connectivity index (χ0) is 15.0. The average Bonchev–Trinajstić information content (AvgIpc) is 2.49. The third-order valence-corrected chi connectivity index (χ3v) is 4.06. The molecule has 1 amide bonds. The zero-order valence-corrected chi connectivity index (χ0v) is 12.2. The second-order valence-corrected chi connectivity index (χ2v) is 5.74. The molecule has 5 nitrogen and oxygen atoms in total. The van der Waals surface area contributed by atoms with Gasteiger partial charge >= 0.3 is 5.97 Å². The van der Waals surface area contributed by atoms with E-state index in [0.717, 1.165) is 5.56 Å². The summed E-state index contributed by atoms with van der Waals surface area (Å²) in [5.74, 6) is -0.537. The van der Waals surface area contributed by atoms with Crippen molar-refractivity contribution < 1.29 is 19.1 Å². The van der Waals surface area contributed by atoms with Crippen molar-refractivity contribution in [3.05, 3.63) is 35.4 Å². The molecule has 3 unspecified atom stereocenters. The van der Waals surface area contributed by atoms with Gasteiger partial charge in [-0.3, -0.25) is 4.79 Å². The molecule has 3 atom stereocenters. The van der Waals surface area contributed by atoms with Gasteiger partial charge in [-0.1, -0.05) is 18.2 Å². The third-order valence-electron chi connectivity index (χ3n) is 4.06. The predicted octanol–water partition coefficient (Wildman–Crippen LogP) is 1.40. The minimum absolute atomic E-state index is 0.00423. The quantitative estimate of drug-likeness (QED) is 0.733. The molecule has 5 heteroatoms. The highest BCUT2D eigenvalue weighted by Gasteiger charge is 2.37. The number of esters is 1. The molecule has 2 heterocycles. The van der Waals surface area contributed by atoms with Crippen molar-refractivity contribution in [3.8, 4) is 0 Å². The van der Waals surface area contributed by atoms with E-state index in [1.807, 2.05) is 26.0 Å².